The Morgan fingerprint density at radius 3 is 2.67 bits per heavy atom. The summed E-state index contributed by atoms with van der Waals surface area (Å²) in [6.45, 7) is 3.09. The van der Waals surface area contributed by atoms with Crippen molar-refractivity contribution in [3.63, 3.8) is 0 Å². The van der Waals surface area contributed by atoms with Gasteiger partial charge in [-0.25, -0.2) is 4.39 Å². The number of aromatic nitrogens is 2. The summed E-state index contributed by atoms with van der Waals surface area (Å²) >= 11 is 0. The first-order valence-electron chi connectivity index (χ1n) is 7.65. The van der Waals surface area contributed by atoms with Gasteiger partial charge in [-0.15, -0.1) is 0 Å². The van der Waals surface area contributed by atoms with E-state index in [0.717, 1.165) is 24.9 Å². The first-order chi connectivity index (χ1) is 10.2. The number of aryl methyl sites for hydroxylation is 1. The van der Waals surface area contributed by atoms with Crippen molar-refractivity contribution in [1.82, 2.24) is 15.1 Å². The predicted octanol–water partition coefficient (Wildman–Crippen LogP) is 3.62. The molecule has 0 fully saturated rings. The van der Waals surface area contributed by atoms with E-state index < -0.39 is 0 Å². The van der Waals surface area contributed by atoms with E-state index in [1.54, 1.807) is 0 Å². The molecule has 0 bridgehead atoms. The number of rotatable bonds is 8. The van der Waals surface area contributed by atoms with Crippen molar-refractivity contribution in [1.29, 1.82) is 0 Å². The number of nitrogens with one attached hydrogen (secondary N) is 1. The zero-order valence-corrected chi connectivity index (χ0v) is 12.8. The molecule has 0 amide bonds. The first-order valence-corrected chi connectivity index (χ1v) is 7.65. The standard InChI is InChI=1S/C17H24FN3/c1-3-4-5-17(15-6-8-16(18)9-7-15)19-11-10-14-12-20-21(2)13-14/h6-9,12-13,17,19H,3-5,10-11H2,1-2H3. The molecule has 3 nitrogen and oxygen atoms in total. The number of halogens is 1. The van der Waals surface area contributed by atoms with Crippen molar-refractivity contribution < 1.29 is 4.39 Å². The van der Waals surface area contributed by atoms with Gasteiger partial charge >= 0.3 is 0 Å². The van der Waals surface area contributed by atoms with E-state index in [2.05, 4.69) is 17.3 Å². The Hall–Kier alpha value is -1.68. The number of hydrogen-bond donors (Lipinski definition) is 1. The van der Waals surface area contributed by atoms with E-state index in [9.17, 15) is 4.39 Å². The molecule has 0 aliphatic rings. The second-order valence-corrected chi connectivity index (χ2v) is 5.47. The molecule has 1 aromatic carbocycles. The molecular formula is C17H24FN3. The fraction of sp³-hybridized carbons (Fsp3) is 0.471. The molecule has 1 unspecified atom stereocenters. The molecule has 1 aromatic heterocycles. The maximum Gasteiger partial charge on any atom is 0.123 e. The molecular weight excluding hydrogens is 265 g/mol. The highest BCUT2D eigenvalue weighted by atomic mass is 19.1. The summed E-state index contributed by atoms with van der Waals surface area (Å²) in [6.07, 6.45) is 8.32. The van der Waals surface area contributed by atoms with Gasteiger partial charge in [-0.3, -0.25) is 4.68 Å². The molecule has 0 spiro atoms. The largest absolute Gasteiger partial charge is 0.310 e. The van der Waals surface area contributed by atoms with Crippen molar-refractivity contribution in [2.45, 2.75) is 38.6 Å². The van der Waals surface area contributed by atoms with E-state index in [-0.39, 0.29) is 5.82 Å². The molecule has 2 rings (SSSR count). The van der Waals surface area contributed by atoms with Gasteiger partial charge in [0.25, 0.3) is 0 Å². The van der Waals surface area contributed by atoms with Gasteiger partial charge in [0.2, 0.25) is 0 Å². The van der Waals surface area contributed by atoms with E-state index in [1.165, 1.54) is 30.5 Å². The molecule has 2 aromatic rings. The Kier molecular flexibility index (Phi) is 5.93. The minimum Gasteiger partial charge on any atom is -0.310 e. The molecule has 1 heterocycles. The van der Waals surface area contributed by atoms with Gasteiger partial charge in [-0.05, 0) is 42.6 Å². The summed E-state index contributed by atoms with van der Waals surface area (Å²) in [4.78, 5) is 0. The van der Waals surface area contributed by atoms with E-state index >= 15 is 0 Å². The van der Waals surface area contributed by atoms with Crippen LogP contribution in [0, 0.1) is 5.82 Å². The van der Waals surface area contributed by atoms with Gasteiger partial charge in [-0.2, -0.15) is 5.10 Å². The van der Waals surface area contributed by atoms with Gasteiger partial charge in [0.05, 0.1) is 6.20 Å². The van der Waals surface area contributed by atoms with Gasteiger partial charge in [0.15, 0.2) is 0 Å². The highest BCUT2D eigenvalue weighted by molar-refractivity contribution is 5.20. The second kappa shape index (κ2) is 7.93. The maximum atomic E-state index is 13.0. The summed E-state index contributed by atoms with van der Waals surface area (Å²) in [5.74, 6) is -0.177. The average molecular weight is 289 g/mol. The Labute approximate surface area is 126 Å². The number of nitrogens with zero attached hydrogens (tertiary/aromatic N) is 2. The summed E-state index contributed by atoms with van der Waals surface area (Å²) in [7, 11) is 1.93. The zero-order valence-electron chi connectivity index (χ0n) is 12.8. The van der Waals surface area contributed by atoms with Crippen LogP contribution in [-0.4, -0.2) is 16.3 Å². The smallest absolute Gasteiger partial charge is 0.123 e. The van der Waals surface area contributed by atoms with Crippen molar-refractivity contribution >= 4 is 0 Å². The Bertz CT molecular complexity index is 533. The molecule has 0 saturated carbocycles. The lowest BCUT2D eigenvalue weighted by Crippen LogP contribution is -2.23. The first kappa shape index (κ1) is 15.7. The van der Waals surface area contributed by atoms with Crippen LogP contribution in [0.3, 0.4) is 0 Å². The van der Waals surface area contributed by atoms with Crippen LogP contribution in [-0.2, 0) is 13.5 Å². The van der Waals surface area contributed by atoms with E-state index in [0.29, 0.717) is 6.04 Å². The van der Waals surface area contributed by atoms with Gasteiger partial charge < -0.3 is 5.32 Å². The molecule has 1 N–H and O–H groups in total. The molecule has 0 aliphatic carbocycles. The lowest BCUT2D eigenvalue weighted by atomic mass is 10.0. The van der Waals surface area contributed by atoms with Gasteiger partial charge in [0.1, 0.15) is 5.82 Å². The number of benzene rings is 1. The maximum absolute atomic E-state index is 13.0. The second-order valence-electron chi connectivity index (χ2n) is 5.47. The highest BCUT2D eigenvalue weighted by Crippen LogP contribution is 2.19. The number of hydrogen-bond acceptors (Lipinski definition) is 2. The van der Waals surface area contributed by atoms with Crippen molar-refractivity contribution in [2.75, 3.05) is 6.54 Å². The van der Waals surface area contributed by atoms with Crippen LogP contribution in [0.5, 0.6) is 0 Å². The van der Waals surface area contributed by atoms with Crippen LogP contribution in [0.15, 0.2) is 36.7 Å². The Balaban J connectivity index is 1.91. The van der Waals surface area contributed by atoms with Crippen molar-refractivity contribution in [3.8, 4) is 0 Å². The molecule has 0 radical (unpaired) electrons. The topological polar surface area (TPSA) is 29.9 Å². The summed E-state index contributed by atoms with van der Waals surface area (Å²) in [6, 6.07) is 7.13. The van der Waals surface area contributed by atoms with E-state index in [4.69, 9.17) is 0 Å². The minimum atomic E-state index is -0.177. The third kappa shape index (κ3) is 4.97. The van der Waals surface area contributed by atoms with Crippen LogP contribution in [0.1, 0.15) is 43.4 Å². The van der Waals surface area contributed by atoms with Crippen molar-refractivity contribution in [2.24, 2.45) is 7.05 Å². The monoisotopic (exact) mass is 289 g/mol. The third-order valence-electron chi connectivity index (χ3n) is 3.68. The molecule has 1 atom stereocenters. The van der Waals surface area contributed by atoms with Crippen LogP contribution in [0.2, 0.25) is 0 Å². The van der Waals surface area contributed by atoms with Crippen LogP contribution >= 0.6 is 0 Å². The van der Waals surface area contributed by atoms with Gasteiger partial charge in [0, 0.05) is 19.3 Å². The predicted molar refractivity (Wildman–Crippen MR) is 83.6 cm³/mol. The molecule has 21 heavy (non-hydrogen) atoms. The lowest BCUT2D eigenvalue weighted by molar-refractivity contribution is 0.483. The quantitative estimate of drug-likeness (QED) is 0.804. The molecule has 4 heteroatoms. The summed E-state index contributed by atoms with van der Waals surface area (Å²) in [5, 5.41) is 7.77. The average Bonchev–Trinajstić information content (AvgIpc) is 2.89. The highest BCUT2D eigenvalue weighted by Gasteiger charge is 2.10. The Morgan fingerprint density at radius 2 is 2.05 bits per heavy atom. The lowest BCUT2D eigenvalue weighted by Gasteiger charge is -2.19. The fourth-order valence-electron chi connectivity index (χ4n) is 2.48. The van der Waals surface area contributed by atoms with E-state index in [1.807, 2.05) is 36.3 Å². The molecule has 114 valence electrons. The number of unbranched alkanes of at least 4 members (excludes halogenated alkanes) is 1. The van der Waals surface area contributed by atoms with Crippen LogP contribution in [0.25, 0.3) is 0 Å². The minimum absolute atomic E-state index is 0.177. The van der Waals surface area contributed by atoms with Crippen molar-refractivity contribution in [3.05, 3.63) is 53.6 Å². The molecule has 0 saturated heterocycles. The van der Waals surface area contributed by atoms with Crippen LogP contribution in [0.4, 0.5) is 4.39 Å². The normalized spacial score (nSPS) is 12.5. The SMILES string of the molecule is CCCCC(NCCc1cnn(C)c1)c1ccc(F)cc1. The zero-order chi connectivity index (χ0) is 15.1. The summed E-state index contributed by atoms with van der Waals surface area (Å²) in [5.41, 5.74) is 2.40. The third-order valence-corrected chi connectivity index (χ3v) is 3.68. The van der Waals surface area contributed by atoms with Crippen LogP contribution < -0.4 is 5.32 Å². The fourth-order valence-corrected chi connectivity index (χ4v) is 2.48. The molecule has 0 aliphatic heterocycles. The van der Waals surface area contributed by atoms with Gasteiger partial charge in [-0.1, -0.05) is 31.9 Å². The summed E-state index contributed by atoms with van der Waals surface area (Å²) < 4.78 is 14.9. The Morgan fingerprint density at radius 1 is 1.29 bits per heavy atom.